The number of anilines is 1. The number of hydrogen-bond donors (Lipinski definition) is 3. The Morgan fingerprint density at radius 3 is 2.76 bits per heavy atom. The molecule has 2 rings (SSSR count). The molecule has 6 nitrogen and oxygen atoms in total. The van der Waals surface area contributed by atoms with Gasteiger partial charge in [0.25, 0.3) is 5.91 Å². The maximum absolute atomic E-state index is 11.6. The van der Waals surface area contributed by atoms with Gasteiger partial charge < -0.3 is 16.2 Å². The summed E-state index contributed by atoms with van der Waals surface area (Å²) in [5, 5.41) is 12.0. The van der Waals surface area contributed by atoms with Crippen molar-refractivity contribution in [2.45, 2.75) is 51.5 Å². The van der Waals surface area contributed by atoms with Crippen LogP contribution in [0.3, 0.4) is 0 Å². The standard InChI is InChI=1S/C15H21N3O3/c1-15(2,7-6-12(19)20)18-14-10(13(16)21)8-9-4-3-5-11(9)17-14/h8H,3-7H2,1-2H3,(H2,16,21)(H,17,18)(H,19,20). The second-order valence-corrected chi connectivity index (χ2v) is 6.11. The van der Waals surface area contributed by atoms with E-state index in [-0.39, 0.29) is 6.42 Å². The monoisotopic (exact) mass is 291 g/mol. The smallest absolute Gasteiger partial charge is 0.303 e. The van der Waals surface area contributed by atoms with E-state index in [0.717, 1.165) is 30.5 Å². The molecule has 0 spiro atoms. The molecular weight excluding hydrogens is 270 g/mol. The SMILES string of the molecule is CC(C)(CCC(=O)O)Nc1nc2c(cc1C(N)=O)CCC2. The fraction of sp³-hybridized carbons (Fsp3) is 0.533. The molecule has 0 radical (unpaired) electrons. The van der Waals surface area contributed by atoms with Crippen LogP contribution in [0.5, 0.6) is 0 Å². The highest BCUT2D eigenvalue weighted by Crippen LogP contribution is 2.27. The van der Waals surface area contributed by atoms with Gasteiger partial charge in [-0.1, -0.05) is 0 Å². The topological polar surface area (TPSA) is 105 Å². The van der Waals surface area contributed by atoms with Crippen LogP contribution in [-0.2, 0) is 17.6 Å². The van der Waals surface area contributed by atoms with Gasteiger partial charge in [-0.2, -0.15) is 0 Å². The Hall–Kier alpha value is -2.11. The first kappa shape index (κ1) is 15.3. The molecular formula is C15H21N3O3. The molecule has 4 N–H and O–H groups in total. The fourth-order valence-electron chi connectivity index (χ4n) is 2.56. The van der Waals surface area contributed by atoms with Crippen LogP contribution in [0.1, 0.15) is 54.7 Å². The van der Waals surface area contributed by atoms with Crippen molar-refractivity contribution in [3.05, 3.63) is 22.9 Å². The van der Waals surface area contributed by atoms with Crippen molar-refractivity contribution in [2.24, 2.45) is 5.73 Å². The van der Waals surface area contributed by atoms with Crippen LogP contribution in [0.4, 0.5) is 5.82 Å². The number of carbonyl (C=O) groups is 2. The first-order chi connectivity index (χ1) is 9.78. The number of nitrogens with one attached hydrogen (secondary N) is 1. The van der Waals surface area contributed by atoms with Crippen molar-refractivity contribution in [3.63, 3.8) is 0 Å². The molecule has 6 heteroatoms. The van der Waals surface area contributed by atoms with Crippen molar-refractivity contribution in [3.8, 4) is 0 Å². The summed E-state index contributed by atoms with van der Waals surface area (Å²) < 4.78 is 0. The Bertz CT molecular complexity index is 582. The summed E-state index contributed by atoms with van der Waals surface area (Å²) in [4.78, 5) is 26.9. The molecule has 1 heterocycles. The van der Waals surface area contributed by atoms with Crippen molar-refractivity contribution >= 4 is 17.7 Å². The lowest BCUT2D eigenvalue weighted by Crippen LogP contribution is -2.33. The summed E-state index contributed by atoms with van der Waals surface area (Å²) in [5.74, 6) is -0.908. The third-order valence-corrected chi connectivity index (χ3v) is 3.74. The van der Waals surface area contributed by atoms with Gasteiger partial charge in [0.1, 0.15) is 5.82 Å². The number of nitrogens with zero attached hydrogens (tertiary/aromatic N) is 1. The summed E-state index contributed by atoms with van der Waals surface area (Å²) in [6.45, 7) is 3.77. The molecule has 0 unspecified atom stereocenters. The molecule has 21 heavy (non-hydrogen) atoms. The van der Waals surface area contributed by atoms with Gasteiger partial charge in [-0.25, -0.2) is 4.98 Å². The van der Waals surface area contributed by atoms with Gasteiger partial charge in [0.2, 0.25) is 0 Å². The fourth-order valence-corrected chi connectivity index (χ4v) is 2.56. The van der Waals surface area contributed by atoms with Crippen molar-refractivity contribution in [2.75, 3.05) is 5.32 Å². The van der Waals surface area contributed by atoms with E-state index in [1.54, 1.807) is 0 Å². The average Bonchev–Trinajstić information content (AvgIpc) is 2.82. The van der Waals surface area contributed by atoms with Crippen molar-refractivity contribution < 1.29 is 14.7 Å². The molecule has 0 saturated carbocycles. The van der Waals surface area contributed by atoms with E-state index in [0.29, 0.717) is 17.8 Å². The van der Waals surface area contributed by atoms with Crippen LogP contribution in [0, 0.1) is 0 Å². The minimum absolute atomic E-state index is 0.0524. The van der Waals surface area contributed by atoms with Gasteiger partial charge in [-0.3, -0.25) is 9.59 Å². The maximum Gasteiger partial charge on any atom is 0.303 e. The predicted octanol–water partition coefficient (Wildman–Crippen LogP) is 1.72. The minimum atomic E-state index is -0.845. The van der Waals surface area contributed by atoms with E-state index >= 15 is 0 Å². The Labute approximate surface area is 123 Å². The number of rotatable bonds is 6. The van der Waals surface area contributed by atoms with Gasteiger partial charge in [-0.05, 0) is 51.2 Å². The van der Waals surface area contributed by atoms with E-state index in [2.05, 4.69) is 10.3 Å². The third-order valence-electron chi connectivity index (χ3n) is 3.74. The minimum Gasteiger partial charge on any atom is -0.481 e. The largest absolute Gasteiger partial charge is 0.481 e. The Morgan fingerprint density at radius 2 is 2.14 bits per heavy atom. The van der Waals surface area contributed by atoms with Gasteiger partial charge in [0.15, 0.2) is 0 Å². The second-order valence-electron chi connectivity index (χ2n) is 6.11. The number of aromatic nitrogens is 1. The zero-order valence-corrected chi connectivity index (χ0v) is 12.4. The van der Waals surface area contributed by atoms with Gasteiger partial charge in [-0.15, -0.1) is 0 Å². The molecule has 1 aliphatic rings. The van der Waals surface area contributed by atoms with Gasteiger partial charge in [0.05, 0.1) is 5.56 Å². The van der Waals surface area contributed by atoms with Crippen LogP contribution < -0.4 is 11.1 Å². The number of carbonyl (C=O) groups excluding carboxylic acids is 1. The Balaban J connectivity index is 2.26. The predicted molar refractivity (Wildman–Crippen MR) is 79.4 cm³/mol. The molecule has 0 aliphatic heterocycles. The van der Waals surface area contributed by atoms with Crippen LogP contribution in [0.2, 0.25) is 0 Å². The molecule has 0 saturated heterocycles. The first-order valence-corrected chi connectivity index (χ1v) is 7.11. The van der Waals surface area contributed by atoms with Crippen molar-refractivity contribution in [1.82, 2.24) is 4.98 Å². The number of aryl methyl sites for hydroxylation is 2. The lowest BCUT2D eigenvalue weighted by molar-refractivity contribution is -0.137. The number of fused-ring (bicyclic) bond motifs is 1. The lowest BCUT2D eigenvalue weighted by Gasteiger charge is -2.27. The highest BCUT2D eigenvalue weighted by Gasteiger charge is 2.24. The van der Waals surface area contributed by atoms with E-state index in [9.17, 15) is 9.59 Å². The molecule has 1 aliphatic carbocycles. The number of aliphatic carboxylic acids is 1. The average molecular weight is 291 g/mol. The number of carboxylic acids is 1. The normalized spacial score (nSPS) is 13.8. The highest BCUT2D eigenvalue weighted by atomic mass is 16.4. The summed E-state index contributed by atoms with van der Waals surface area (Å²) in [5.41, 5.74) is 7.41. The van der Waals surface area contributed by atoms with Gasteiger partial charge in [0, 0.05) is 17.7 Å². The zero-order valence-electron chi connectivity index (χ0n) is 12.4. The first-order valence-electron chi connectivity index (χ1n) is 7.11. The molecule has 114 valence electrons. The molecule has 0 bridgehead atoms. The van der Waals surface area contributed by atoms with Crippen LogP contribution in [0.25, 0.3) is 0 Å². The second kappa shape index (κ2) is 5.71. The number of pyridine rings is 1. The van der Waals surface area contributed by atoms with Crippen LogP contribution >= 0.6 is 0 Å². The van der Waals surface area contributed by atoms with E-state index < -0.39 is 17.4 Å². The molecule has 0 atom stereocenters. The number of amides is 1. The highest BCUT2D eigenvalue weighted by molar-refractivity contribution is 5.98. The van der Waals surface area contributed by atoms with Crippen molar-refractivity contribution in [1.29, 1.82) is 0 Å². The summed E-state index contributed by atoms with van der Waals surface area (Å²) in [6, 6.07) is 1.81. The molecule has 1 aromatic rings. The van der Waals surface area contributed by atoms with E-state index in [4.69, 9.17) is 10.8 Å². The maximum atomic E-state index is 11.6. The molecule has 1 aromatic heterocycles. The summed E-state index contributed by atoms with van der Waals surface area (Å²) >= 11 is 0. The Kier molecular flexibility index (Phi) is 4.16. The number of hydrogen-bond acceptors (Lipinski definition) is 4. The number of nitrogens with two attached hydrogens (primary N) is 1. The quantitative estimate of drug-likeness (QED) is 0.740. The van der Waals surface area contributed by atoms with E-state index in [1.165, 1.54) is 0 Å². The molecule has 0 fully saturated rings. The zero-order chi connectivity index (χ0) is 15.6. The number of carboxylic acid groups (broad SMARTS) is 1. The van der Waals surface area contributed by atoms with Crippen LogP contribution in [0.15, 0.2) is 6.07 Å². The summed E-state index contributed by atoms with van der Waals surface area (Å²) in [6.07, 6.45) is 3.34. The Morgan fingerprint density at radius 1 is 1.43 bits per heavy atom. The summed E-state index contributed by atoms with van der Waals surface area (Å²) in [7, 11) is 0. The van der Waals surface area contributed by atoms with Crippen LogP contribution in [-0.4, -0.2) is 27.5 Å². The molecule has 0 aromatic carbocycles. The third kappa shape index (κ3) is 3.71. The number of primary amides is 1. The van der Waals surface area contributed by atoms with Gasteiger partial charge >= 0.3 is 5.97 Å². The van der Waals surface area contributed by atoms with E-state index in [1.807, 2.05) is 19.9 Å². The lowest BCUT2D eigenvalue weighted by atomic mass is 9.97. The molecule has 1 amide bonds.